The van der Waals surface area contributed by atoms with Crippen LogP contribution in [0.3, 0.4) is 0 Å². The largest absolute Gasteiger partial charge is 0.350 e. The van der Waals surface area contributed by atoms with Crippen molar-refractivity contribution in [3.8, 4) is 16.9 Å². The molecule has 134 valence electrons. The highest BCUT2D eigenvalue weighted by atomic mass is 35.5. The van der Waals surface area contributed by atoms with Gasteiger partial charge < -0.3 is 9.88 Å². The minimum absolute atomic E-state index is 0.0569. The first-order valence-corrected chi connectivity index (χ1v) is 9.11. The number of amides is 1. The molecule has 0 atom stereocenters. The minimum atomic E-state index is -0.0569. The standard InChI is InChI=1S/C22H23ClN2O/c1-14(2)24-22(26)20-13-21(17-7-9-18(23)10-8-17)25(16(20)4)19-11-5-15(3)6-12-19/h5-14H,1-4H3,(H,24,26). The summed E-state index contributed by atoms with van der Waals surface area (Å²) in [4.78, 5) is 12.7. The van der Waals surface area contributed by atoms with Crippen molar-refractivity contribution < 1.29 is 4.79 Å². The lowest BCUT2D eigenvalue weighted by Gasteiger charge is -2.13. The van der Waals surface area contributed by atoms with Gasteiger partial charge in [-0.2, -0.15) is 0 Å². The Morgan fingerprint density at radius 2 is 1.62 bits per heavy atom. The average molecular weight is 367 g/mol. The molecule has 0 saturated carbocycles. The molecule has 0 radical (unpaired) electrons. The zero-order chi connectivity index (χ0) is 18.8. The van der Waals surface area contributed by atoms with Crippen LogP contribution in [0.15, 0.2) is 54.6 Å². The van der Waals surface area contributed by atoms with Crippen LogP contribution >= 0.6 is 11.6 Å². The highest BCUT2D eigenvalue weighted by Gasteiger charge is 2.20. The van der Waals surface area contributed by atoms with E-state index < -0.39 is 0 Å². The van der Waals surface area contributed by atoms with Crippen molar-refractivity contribution in [3.63, 3.8) is 0 Å². The molecule has 0 bridgehead atoms. The van der Waals surface area contributed by atoms with Gasteiger partial charge in [-0.1, -0.05) is 41.4 Å². The van der Waals surface area contributed by atoms with Gasteiger partial charge in [0, 0.05) is 22.4 Å². The van der Waals surface area contributed by atoms with Crippen molar-refractivity contribution in [2.24, 2.45) is 0 Å². The molecule has 0 aliphatic heterocycles. The van der Waals surface area contributed by atoms with E-state index in [2.05, 4.69) is 41.1 Å². The van der Waals surface area contributed by atoms with Crippen molar-refractivity contribution in [1.82, 2.24) is 9.88 Å². The van der Waals surface area contributed by atoms with Gasteiger partial charge in [0.15, 0.2) is 0 Å². The molecule has 3 nitrogen and oxygen atoms in total. The first-order valence-electron chi connectivity index (χ1n) is 8.73. The zero-order valence-electron chi connectivity index (χ0n) is 15.5. The molecule has 1 aromatic heterocycles. The smallest absolute Gasteiger partial charge is 0.253 e. The van der Waals surface area contributed by atoms with Crippen molar-refractivity contribution in [2.45, 2.75) is 33.7 Å². The fourth-order valence-corrected chi connectivity index (χ4v) is 3.16. The van der Waals surface area contributed by atoms with Crippen LogP contribution in [-0.4, -0.2) is 16.5 Å². The highest BCUT2D eigenvalue weighted by Crippen LogP contribution is 2.30. The van der Waals surface area contributed by atoms with E-state index in [-0.39, 0.29) is 11.9 Å². The predicted molar refractivity (Wildman–Crippen MR) is 108 cm³/mol. The van der Waals surface area contributed by atoms with Crippen LogP contribution in [0.4, 0.5) is 0 Å². The number of aryl methyl sites for hydroxylation is 1. The molecule has 0 spiro atoms. The van der Waals surface area contributed by atoms with Gasteiger partial charge >= 0.3 is 0 Å². The van der Waals surface area contributed by atoms with Gasteiger partial charge in [-0.15, -0.1) is 0 Å². The molecule has 1 N–H and O–H groups in total. The summed E-state index contributed by atoms with van der Waals surface area (Å²) < 4.78 is 2.12. The molecular weight excluding hydrogens is 344 g/mol. The topological polar surface area (TPSA) is 34.0 Å². The number of halogens is 1. The molecule has 3 aromatic rings. The minimum Gasteiger partial charge on any atom is -0.350 e. The van der Waals surface area contributed by atoms with E-state index >= 15 is 0 Å². The fourth-order valence-electron chi connectivity index (χ4n) is 3.04. The molecule has 3 rings (SSSR count). The van der Waals surface area contributed by atoms with Gasteiger partial charge in [-0.25, -0.2) is 0 Å². The third-order valence-corrected chi connectivity index (χ3v) is 4.60. The summed E-state index contributed by atoms with van der Waals surface area (Å²) in [5.74, 6) is -0.0569. The summed E-state index contributed by atoms with van der Waals surface area (Å²) in [5.41, 5.74) is 5.81. The lowest BCUT2D eigenvalue weighted by molar-refractivity contribution is 0.0942. The fraction of sp³-hybridized carbons (Fsp3) is 0.227. The van der Waals surface area contributed by atoms with E-state index in [1.165, 1.54) is 5.56 Å². The van der Waals surface area contributed by atoms with Gasteiger partial charge in [0.25, 0.3) is 5.91 Å². The van der Waals surface area contributed by atoms with E-state index in [4.69, 9.17) is 11.6 Å². The number of hydrogen-bond donors (Lipinski definition) is 1. The number of carbonyl (C=O) groups is 1. The monoisotopic (exact) mass is 366 g/mol. The molecule has 0 fully saturated rings. The van der Waals surface area contributed by atoms with Crippen LogP contribution < -0.4 is 5.32 Å². The summed E-state index contributed by atoms with van der Waals surface area (Å²) in [6.07, 6.45) is 0. The Morgan fingerprint density at radius 1 is 1.00 bits per heavy atom. The Kier molecular flexibility index (Phi) is 5.19. The molecule has 1 amide bonds. The number of benzene rings is 2. The predicted octanol–water partition coefficient (Wildman–Crippen LogP) is 5.55. The summed E-state index contributed by atoms with van der Waals surface area (Å²) >= 11 is 6.05. The third kappa shape index (κ3) is 3.68. The van der Waals surface area contributed by atoms with E-state index in [1.54, 1.807) is 0 Å². The first-order chi connectivity index (χ1) is 12.4. The van der Waals surface area contributed by atoms with Crippen molar-refractivity contribution >= 4 is 17.5 Å². The van der Waals surface area contributed by atoms with Crippen LogP contribution in [0.25, 0.3) is 16.9 Å². The van der Waals surface area contributed by atoms with Gasteiger partial charge in [0.1, 0.15) is 0 Å². The highest BCUT2D eigenvalue weighted by molar-refractivity contribution is 6.30. The summed E-state index contributed by atoms with van der Waals surface area (Å²) in [6.45, 7) is 7.97. The van der Waals surface area contributed by atoms with E-state index in [0.29, 0.717) is 10.6 Å². The molecule has 0 saturated heterocycles. The van der Waals surface area contributed by atoms with E-state index in [9.17, 15) is 4.79 Å². The number of nitrogens with one attached hydrogen (secondary N) is 1. The maximum atomic E-state index is 12.7. The lowest BCUT2D eigenvalue weighted by atomic mass is 10.1. The second-order valence-electron chi connectivity index (χ2n) is 6.83. The van der Waals surface area contributed by atoms with Crippen LogP contribution in [0, 0.1) is 13.8 Å². The Morgan fingerprint density at radius 3 is 2.19 bits per heavy atom. The number of nitrogens with zero attached hydrogens (tertiary/aromatic N) is 1. The quantitative estimate of drug-likeness (QED) is 0.645. The number of rotatable bonds is 4. The normalized spacial score (nSPS) is 11.0. The zero-order valence-corrected chi connectivity index (χ0v) is 16.3. The van der Waals surface area contributed by atoms with Crippen LogP contribution in [0.1, 0.15) is 35.5 Å². The van der Waals surface area contributed by atoms with Gasteiger partial charge in [0.05, 0.1) is 11.3 Å². The maximum Gasteiger partial charge on any atom is 0.253 e. The molecule has 0 aliphatic carbocycles. The van der Waals surface area contributed by atoms with Crippen LogP contribution in [-0.2, 0) is 0 Å². The summed E-state index contributed by atoms with van der Waals surface area (Å²) in [7, 11) is 0. The molecular formula is C22H23ClN2O. The third-order valence-electron chi connectivity index (χ3n) is 4.34. The second kappa shape index (κ2) is 7.38. The molecule has 26 heavy (non-hydrogen) atoms. The maximum absolute atomic E-state index is 12.7. The van der Waals surface area contributed by atoms with Crippen molar-refractivity contribution in [3.05, 3.63) is 76.4 Å². The van der Waals surface area contributed by atoms with Crippen LogP contribution in [0.2, 0.25) is 5.02 Å². The van der Waals surface area contributed by atoms with E-state index in [0.717, 1.165) is 22.6 Å². The second-order valence-corrected chi connectivity index (χ2v) is 7.27. The molecule has 1 heterocycles. The first kappa shape index (κ1) is 18.3. The average Bonchev–Trinajstić information content (AvgIpc) is 2.93. The summed E-state index contributed by atoms with van der Waals surface area (Å²) in [5, 5.41) is 3.68. The summed E-state index contributed by atoms with van der Waals surface area (Å²) in [6, 6.07) is 18.0. The van der Waals surface area contributed by atoms with Gasteiger partial charge in [0.2, 0.25) is 0 Å². The molecule has 0 unspecified atom stereocenters. The Labute approximate surface area is 159 Å². The van der Waals surface area contributed by atoms with Crippen molar-refractivity contribution in [2.75, 3.05) is 0 Å². The molecule has 2 aromatic carbocycles. The SMILES string of the molecule is Cc1ccc(-n2c(-c3ccc(Cl)cc3)cc(C(=O)NC(C)C)c2C)cc1. The number of carbonyl (C=O) groups excluding carboxylic acids is 1. The number of hydrogen-bond acceptors (Lipinski definition) is 1. The lowest BCUT2D eigenvalue weighted by Crippen LogP contribution is -2.30. The molecule has 4 heteroatoms. The Hall–Kier alpha value is -2.52. The van der Waals surface area contributed by atoms with Crippen LogP contribution in [0.5, 0.6) is 0 Å². The number of aromatic nitrogens is 1. The van der Waals surface area contributed by atoms with E-state index in [1.807, 2.05) is 51.1 Å². The molecule has 0 aliphatic rings. The Bertz CT molecular complexity index is 922. The Balaban J connectivity index is 2.19. The van der Waals surface area contributed by atoms with Gasteiger partial charge in [-0.3, -0.25) is 4.79 Å². The van der Waals surface area contributed by atoms with Gasteiger partial charge in [-0.05, 0) is 63.6 Å². The van der Waals surface area contributed by atoms with Crippen molar-refractivity contribution in [1.29, 1.82) is 0 Å².